The number of unbranched alkanes of at least 4 members (excludes halogenated alkanes) is 2. The molecular weight excluding hydrogens is 245 g/mol. The molecule has 1 N–H and O–H groups in total. The lowest BCUT2D eigenvalue weighted by Gasteiger charge is -2.12. The Bertz CT molecular complexity index is 358. The Hall–Kier alpha value is -1.13. The van der Waals surface area contributed by atoms with E-state index in [0.29, 0.717) is 19.8 Å². The molecule has 0 spiro atoms. The zero-order chi connectivity index (χ0) is 13.9. The van der Waals surface area contributed by atoms with Crippen LogP contribution in [0.25, 0.3) is 0 Å². The summed E-state index contributed by atoms with van der Waals surface area (Å²) in [6, 6.07) is 4.66. The van der Waals surface area contributed by atoms with Crippen molar-refractivity contribution in [2.24, 2.45) is 0 Å². The fourth-order valence-electron chi connectivity index (χ4n) is 1.76. The molecule has 0 saturated carbocycles. The molecule has 1 rings (SSSR count). The van der Waals surface area contributed by atoms with Gasteiger partial charge in [0.25, 0.3) is 0 Å². The quantitative estimate of drug-likeness (QED) is 0.662. The molecule has 0 heterocycles. The lowest BCUT2D eigenvalue weighted by atomic mass is 10.2. The van der Waals surface area contributed by atoms with E-state index in [1.807, 2.05) is 0 Å². The third-order valence-electron chi connectivity index (χ3n) is 2.83. The highest BCUT2D eigenvalue weighted by Crippen LogP contribution is 2.20. The highest BCUT2D eigenvalue weighted by molar-refractivity contribution is 5.33. The van der Waals surface area contributed by atoms with Crippen molar-refractivity contribution in [3.63, 3.8) is 0 Å². The highest BCUT2D eigenvalue weighted by atomic mass is 19.1. The Balaban J connectivity index is 2.48. The van der Waals surface area contributed by atoms with Crippen LogP contribution in [0.1, 0.15) is 31.7 Å². The molecule has 0 amide bonds. The van der Waals surface area contributed by atoms with E-state index in [1.165, 1.54) is 12.1 Å². The van der Waals surface area contributed by atoms with Crippen LogP contribution >= 0.6 is 0 Å². The van der Waals surface area contributed by atoms with Crippen molar-refractivity contribution in [1.29, 1.82) is 0 Å². The topological polar surface area (TPSA) is 30.5 Å². The van der Waals surface area contributed by atoms with Crippen LogP contribution in [0.5, 0.6) is 5.75 Å². The maximum atomic E-state index is 13.3. The molecule has 1 aromatic rings. The molecule has 108 valence electrons. The Morgan fingerprint density at radius 3 is 2.79 bits per heavy atom. The van der Waals surface area contributed by atoms with Crippen molar-refractivity contribution in [3.8, 4) is 5.75 Å². The maximum absolute atomic E-state index is 13.3. The Labute approximate surface area is 115 Å². The first kappa shape index (κ1) is 15.9. The fraction of sp³-hybridized carbons (Fsp3) is 0.600. The predicted octanol–water partition coefficient (Wildman–Crippen LogP) is 3.13. The third kappa shape index (κ3) is 6.55. The molecule has 1 aromatic carbocycles. The second-order valence-corrected chi connectivity index (χ2v) is 4.48. The van der Waals surface area contributed by atoms with Crippen LogP contribution in [-0.4, -0.2) is 26.9 Å². The van der Waals surface area contributed by atoms with Crippen LogP contribution < -0.4 is 10.1 Å². The van der Waals surface area contributed by atoms with Gasteiger partial charge < -0.3 is 14.8 Å². The van der Waals surface area contributed by atoms with Gasteiger partial charge >= 0.3 is 0 Å². The zero-order valence-electron chi connectivity index (χ0n) is 11.9. The highest BCUT2D eigenvalue weighted by Gasteiger charge is 2.05. The largest absolute Gasteiger partial charge is 0.493 e. The Kier molecular flexibility index (Phi) is 8.18. The lowest BCUT2D eigenvalue weighted by Crippen LogP contribution is -2.19. The van der Waals surface area contributed by atoms with Crippen molar-refractivity contribution < 1.29 is 13.9 Å². The van der Waals surface area contributed by atoms with Gasteiger partial charge in [-0.1, -0.05) is 19.8 Å². The van der Waals surface area contributed by atoms with Crippen LogP contribution in [0, 0.1) is 5.82 Å². The summed E-state index contributed by atoms with van der Waals surface area (Å²) in [6.45, 7) is 4.81. The molecule has 0 aliphatic carbocycles. The first-order chi connectivity index (χ1) is 9.27. The number of halogens is 1. The van der Waals surface area contributed by atoms with Gasteiger partial charge in [-0.2, -0.15) is 0 Å². The zero-order valence-corrected chi connectivity index (χ0v) is 11.9. The molecular formula is C15H24FNO2. The molecule has 0 aliphatic rings. The van der Waals surface area contributed by atoms with Crippen molar-refractivity contribution in [2.45, 2.75) is 32.7 Å². The van der Waals surface area contributed by atoms with E-state index in [-0.39, 0.29) is 5.82 Å². The van der Waals surface area contributed by atoms with Crippen LogP contribution in [-0.2, 0) is 11.3 Å². The van der Waals surface area contributed by atoms with Gasteiger partial charge in [0.15, 0.2) is 0 Å². The van der Waals surface area contributed by atoms with E-state index in [0.717, 1.165) is 37.1 Å². The summed E-state index contributed by atoms with van der Waals surface area (Å²) in [5, 5.41) is 3.20. The number of nitrogens with one attached hydrogen (secondary N) is 1. The van der Waals surface area contributed by atoms with Crippen molar-refractivity contribution in [2.75, 3.05) is 26.9 Å². The molecule has 0 radical (unpaired) electrons. The average Bonchev–Trinajstić information content (AvgIpc) is 2.41. The SMILES string of the molecule is CCCCCOc1ccc(F)cc1CNCCOC. The number of rotatable bonds is 10. The van der Waals surface area contributed by atoms with Gasteiger partial charge in [0.1, 0.15) is 11.6 Å². The maximum Gasteiger partial charge on any atom is 0.123 e. The molecule has 0 bridgehead atoms. The standard InChI is InChI=1S/C15H24FNO2/c1-3-4-5-9-19-15-7-6-14(16)11-13(15)12-17-8-10-18-2/h6-7,11,17H,3-5,8-10,12H2,1-2H3. The van der Waals surface area contributed by atoms with Crippen LogP contribution in [0.15, 0.2) is 18.2 Å². The normalized spacial score (nSPS) is 10.7. The summed E-state index contributed by atoms with van der Waals surface area (Å²) in [5.74, 6) is 0.534. The van der Waals surface area contributed by atoms with Gasteiger partial charge in [0, 0.05) is 25.8 Å². The third-order valence-corrected chi connectivity index (χ3v) is 2.83. The second kappa shape index (κ2) is 9.75. The Morgan fingerprint density at radius 1 is 1.21 bits per heavy atom. The number of hydrogen-bond acceptors (Lipinski definition) is 3. The van der Waals surface area contributed by atoms with E-state index in [4.69, 9.17) is 9.47 Å². The minimum Gasteiger partial charge on any atom is -0.493 e. The number of ether oxygens (including phenoxy) is 2. The summed E-state index contributed by atoms with van der Waals surface area (Å²) in [4.78, 5) is 0. The van der Waals surface area contributed by atoms with E-state index in [2.05, 4.69) is 12.2 Å². The monoisotopic (exact) mass is 269 g/mol. The smallest absolute Gasteiger partial charge is 0.123 e. The van der Waals surface area contributed by atoms with E-state index >= 15 is 0 Å². The lowest BCUT2D eigenvalue weighted by molar-refractivity contribution is 0.199. The summed E-state index contributed by atoms with van der Waals surface area (Å²) in [6.07, 6.45) is 3.35. The minimum atomic E-state index is -0.232. The molecule has 19 heavy (non-hydrogen) atoms. The second-order valence-electron chi connectivity index (χ2n) is 4.48. The first-order valence-corrected chi connectivity index (χ1v) is 6.88. The number of benzene rings is 1. The number of methoxy groups -OCH3 is 1. The molecule has 0 unspecified atom stereocenters. The van der Waals surface area contributed by atoms with E-state index in [1.54, 1.807) is 13.2 Å². The van der Waals surface area contributed by atoms with Gasteiger partial charge in [-0.3, -0.25) is 0 Å². The molecule has 0 saturated heterocycles. The van der Waals surface area contributed by atoms with Crippen LogP contribution in [0.2, 0.25) is 0 Å². The van der Waals surface area contributed by atoms with Gasteiger partial charge in [-0.25, -0.2) is 4.39 Å². The van der Waals surface area contributed by atoms with Crippen molar-refractivity contribution >= 4 is 0 Å². The first-order valence-electron chi connectivity index (χ1n) is 6.88. The molecule has 0 aliphatic heterocycles. The van der Waals surface area contributed by atoms with Crippen LogP contribution in [0.3, 0.4) is 0 Å². The van der Waals surface area contributed by atoms with Crippen molar-refractivity contribution in [1.82, 2.24) is 5.32 Å². The summed E-state index contributed by atoms with van der Waals surface area (Å²) < 4.78 is 23.9. The van der Waals surface area contributed by atoms with Gasteiger partial charge in [-0.05, 0) is 24.6 Å². The van der Waals surface area contributed by atoms with Gasteiger partial charge in [0.05, 0.1) is 13.2 Å². The predicted molar refractivity (Wildman–Crippen MR) is 75.0 cm³/mol. The molecule has 0 atom stereocenters. The van der Waals surface area contributed by atoms with Gasteiger partial charge in [-0.15, -0.1) is 0 Å². The fourth-order valence-corrected chi connectivity index (χ4v) is 1.76. The molecule has 0 aromatic heterocycles. The summed E-state index contributed by atoms with van der Waals surface area (Å²) in [7, 11) is 1.66. The number of hydrogen-bond donors (Lipinski definition) is 1. The van der Waals surface area contributed by atoms with E-state index in [9.17, 15) is 4.39 Å². The minimum absolute atomic E-state index is 0.232. The average molecular weight is 269 g/mol. The molecule has 3 nitrogen and oxygen atoms in total. The molecule has 0 fully saturated rings. The molecule has 4 heteroatoms. The van der Waals surface area contributed by atoms with E-state index < -0.39 is 0 Å². The summed E-state index contributed by atoms with van der Waals surface area (Å²) in [5.41, 5.74) is 0.854. The van der Waals surface area contributed by atoms with Crippen LogP contribution in [0.4, 0.5) is 4.39 Å². The van der Waals surface area contributed by atoms with Crippen molar-refractivity contribution in [3.05, 3.63) is 29.6 Å². The summed E-state index contributed by atoms with van der Waals surface area (Å²) >= 11 is 0. The Morgan fingerprint density at radius 2 is 2.05 bits per heavy atom. The van der Waals surface area contributed by atoms with Gasteiger partial charge in [0.2, 0.25) is 0 Å².